The lowest BCUT2D eigenvalue weighted by atomic mass is 9.72. The topological polar surface area (TPSA) is 335 Å². The molecule has 8 rings (SSSR count). The van der Waals surface area contributed by atoms with E-state index in [2.05, 4.69) is 103 Å². The number of unbranched alkanes of at least 4 members (excludes halogenated alkanes) is 1. The number of ether oxygens (including phenoxy) is 1. The molecule has 0 heterocycles. The maximum atomic E-state index is 12.4. The number of aliphatic hydroxyl groups excluding tert-OH is 1. The molecule has 1 aliphatic carbocycles. The molecular weight excluding hydrogens is 1390 g/mol. The fraction of sp³-hybridized carbons (Fsp3) is 0.382. The van der Waals surface area contributed by atoms with Gasteiger partial charge in [0.15, 0.2) is 0 Å². The molecule has 0 radical (unpaired) electrons. The average molecular weight is 1490 g/mol. The van der Waals surface area contributed by atoms with Crippen LogP contribution in [0.4, 0.5) is 55.6 Å². The number of azo groups is 1. The maximum Gasteiger partial charge on any atom is 0.299 e. The summed E-state index contributed by atoms with van der Waals surface area (Å²) in [6, 6.07) is 47.7. The molecule has 6 N–H and O–H groups in total. The predicted octanol–water partition coefficient (Wildman–Crippen LogP) is 18.6. The molecule has 7 aromatic rings. The van der Waals surface area contributed by atoms with Crippen LogP contribution >= 0.6 is 11.6 Å². The maximum absolute atomic E-state index is 12.4. The lowest BCUT2D eigenvalue weighted by molar-refractivity contribution is -0.393. The molecule has 1 amide bonds. The number of amidine groups is 1. The molecule has 564 valence electrons. The number of aryl methyl sites for hydroxylation is 1. The Morgan fingerprint density at radius 2 is 1.35 bits per heavy atom. The Bertz CT molecular complexity index is 4150. The van der Waals surface area contributed by atoms with Gasteiger partial charge in [-0.05, 0) is 179 Å². The van der Waals surface area contributed by atoms with Gasteiger partial charge < -0.3 is 20.5 Å². The second-order valence-corrected chi connectivity index (χ2v) is 29.5. The van der Waals surface area contributed by atoms with E-state index in [1.165, 1.54) is 49.4 Å². The van der Waals surface area contributed by atoms with Crippen LogP contribution in [0.1, 0.15) is 144 Å². The first-order valence-electron chi connectivity index (χ1n) is 33.6. The molecule has 0 unspecified atom stereocenters. The Kier molecular flexibility index (Phi) is 41.5. The van der Waals surface area contributed by atoms with E-state index in [0.717, 1.165) is 97.0 Å². The largest absolute Gasteiger partial charge is 0.491 e. The zero-order valence-electron chi connectivity index (χ0n) is 62.3. The van der Waals surface area contributed by atoms with Gasteiger partial charge in [-0.1, -0.05) is 133 Å². The third kappa shape index (κ3) is 40.4. The van der Waals surface area contributed by atoms with Crippen LogP contribution in [0.25, 0.3) is 0 Å². The smallest absolute Gasteiger partial charge is 0.299 e. The van der Waals surface area contributed by atoms with Gasteiger partial charge in [-0.15, -0.1) is 4.83 Å². The Hall–Kier alpha value is -9.51. The second kappa shape index (κ2) is 47.7. The Labute approximate surface area is 618 Å². The Balaban J connectivity index is 0.000000424. The van der Waals surface area contributed by atoms with Crippen LogP contribution < -0.4 is 30.3 Å². The van der Waals surface area contributed by atoms with Crippen molar-refractivity contribution >= 4 is 113 Å². The van der Waals surface area contributed by atoms with Crippen LogP contribution in [0.5, 0.6) is 5.75 Å². The SMILES string of the molecule is CC(=O)Nc1ccc(N=C(C)C)cc1.CC(C)(C)CC(C)(C)c1ccc(OCCO)cc1.CC=Nc1cc(Nc2ccc([N+](=O)[O-])cc2[N+](=O)[O-])ccc1C.CC=Nc1cccc(F)c1.CCCCNS(C)(=O)=O.CN=Nc1ccccc1.CS(=O)(=O)NNC(=NC1CCCCC1)c1ccccc1Cl. The van der Waals surface area contributed by atoms with Crippen LogP contribution in [0.15, 0.2) is 194 Å². The summed E-state index contributed by atoms with van der Waals surface area (Å²) in [6.45, 7) is 25.2. The van der Waals surface area contributed by atoms with Crippen molar-refractivity contribution in [3.05, 3.63) is 212 Å². The van der Waals surface area contributed by atoms with E-state index >= 15 is 0 Å². The summed E-state index contributed by atoms with van der Waals surface area (Å²) in [5.74, 6) is 0.980. The van der Waals surface area contributed by atoms with E-state index in [4.69, 9.17) is 21.4 Å². The summed E-state index contributed by atoms with van der Waals surface area (Å²) >= 11 is 6.19. The number of hydrazine groups is 1. The predicted molar refractivity (Wildman–Crippen MR) is 424 cm³/mol. The summed E-state index contributed by atoms with van der Waals surface area (Å²) in [5, 5.41) is 44.2. The number of nitro groups is 2. The van der Waals surface area contributed by atoms with Gasteiger partial charge in [0.2, 0.25) is 26.0 Å². The minimum Gasteiger partial charge on any atom is -0.491 e. The summed E-state index contributed by atoms with van der Waals surface area (Å²) in [6.07, 6.45) is 14.2. The molecule has 0 aliphatic heterocycles. The number of nitrogens with one attached hydrogen (secondary N) is 5. The van der Waals surface area contributed by atoms with Crippen molar-refractivity contribution in [1.82, 2.24) is 15.0 Å². The number of rotatable bonds is 22. The third-order valence-electron chi connectivity index (χ3n) is 14.0. The lowest BCUT2D eigenvalue weighted by Gasteiger charge is -2.33. The van der Waals surface area contributed by atoms with Crippen molar-refractivity contribution < 1.29 is 45.7 Å². The van der Waals surface area contributed by atoms with Crippen LogP contribution in [-0.2, 0) is 30.3 Å². The number of non-ortho nitro benzene ring substituents is 1. The zero-order chi connectivity index (χ0) is 77.9. The molecule has 28 heteroatoms. The average Bonchev–Trinajstić information content (AvgIpc) is 0.816. The van der Waals surface area contributed by atoms with Gasteiger partial charge in [0, 0.05) is 61.7 Å². The molecule has 0 aromatic heterocycles. The molecule has 1 saturated carbocycles. The zero-order valence-corrected chi connectivity index (χ0v) is 64.7. The number of hydrogen-bond donors (Lipinski definition) is 6. The highest BCUT2D eigenvalue weighted by atomic mass is 35.5. The molecule has 104 heavy (non-hydrogen) atoms. The van der Waals surface area contributed by atoms with Crippen molar-refractivity contribution in [3.8, 4) is 5.75 Å². The monoisotopic (exact) mass is 1490 g/mol. The minimum atomic E-state index is -3.37. The second-order valence-electron chi connectivity index (χ2n) is 25.5. The number of carbonyl (C=O) groups is 1. The van der Waals surface area contributed by atoms with Crippen LogP contribution in [0, 0.1) is 38.4 Å². The van der Waals surface area contributed by atoms with Crippen molar-refractivity contribution in [2.75, 3.05) is 50.0 Å². The standard InChI is InChI=1S/C16H26O2.C15H14N4O4.C14H20ClN3O2S.C11H14N2O.C8H8FN.C7H8N2.C5H13NO2S/c1-15(2,3)12-16(4,5)13-6-8-14(9-7-13)18-11-10-17;1-3-16-14-8-11(5-4-10(14)2)17-13-7-6-12(18(20)21)9-15(13)19(22)23;1-21(19,20)18-17-14(12-9-5-6-10-13(12)15)16-11-7-3-2-4-8-11;1-8(2)12-10-4-6-11(7-5-10)13-9(3)14;1-2-10-8-5-3-4-7(9)6-8;1-8-9-7-5-3-2-4-6-7;1-3-4-5-6-9(2,7)8/h6-9,17H,10-12H2,1-5H3;3-9,17H,1-2H3;5-6,9-11,18H,2-4,7-8H2,1H3,(H,16,17);4-7H,1-3H3,(H,13,14);2-6H,1H3;2-6H,1H3;6H,3-5H2,1-2H3. The summed E-state index contributed by atoms with van der Waals surface area (Å²) in [5.41, 5.74) is 11.3. The number of carbonyl (C=O) groups excluding carboxylic acids is 1. The van der Waals surface area contributed by atoms with E-state index in [0.29, 0.717) is 46.4 Å². The normalized spacial score (nSPS) is 12.3. The molecule has 7 aromatic carbocycles. The quantitative estimate of drug-likeness (QED) is 0.00919. The van der Waals surface area contributed by atoms with Crippen molar-refractivity contribution in [3.63, 3.8) is 0 Å². The number of nitro benzene ring substituents is 2. The summed E-state index contributed by atoms with van der Waals surface area (Å²) in [4.78, 5) is 50.6. The van der Waals surface area contributed by atoms with Gasteiger partial charge in [-0.2, -0.15) is 10.2 Å². The molecule has 24 nitrogen and oxygen atoms in total. The van der Waals surface area contributed by atoms with Gasteiger partial charge in [0.1, 0.15) is 29.7 Å². The molecule has 1 fully saturated rings. The Morgan fingerprint density at radius 1 is 0.731 bits per heavy atom. The molecule has 1 aliphatic rings. The van der Waals surface area contributed by atoms with Crippen LogP contribution in [0.3, 0.4) is 0 Å². The Morgan fingerprint density at radius 3 is 1.88 bits per heavy atom. The number of aliphatic imine (C=N–C) groups is 4. The van der Waals surface area contributed by atoms with Crippen molar-refractivity contribution in [2.24, 2.45) is 35.6 Å². The van der Waals surface area contributed by atoms with Gasteiger partial charge in [-0.25, -0.2) is 25.9 Å². The number of sulfonamides is 2. The third-order valence-corrected chi connectivity index (χ3v) is 15.5. The first-order valence-corrected chi connectivity index (χ1v) is 37.8. The van der Waals surface area contributed by atoms with Crippen LogP contribution in [0.2, 0.25) is 5.02 Å². The number of amides is 1. The molecular formula is C76H103ClFN13O11S2. The number of hydrogen-bond acceptors (Lipinski definition) is 18. The van der Waals surface area contributed by atoms with Crippen molar-refractivity contribution in [2.45, 2.75) is 146 Å². The number of nitrogens with zero attached hydrogens (tertiary/aromatic N) is 8. The molecule has 0 saturated heterocycles. The van der Waals surface area contributed by atoms with Gasteiger partial charge in [0.05, 0.1) is 68.8 Å². The molecule has 0 atom stereocenters. The van der Waals surface area contributed by atoms with E-state index < -0.39 is 29.9 Å². The fourth-order valence-corrected chi connectivity index (χ4v) is 10.8. The van der Waals surface area contributed by atoms with E-state index in [9.17, 15) is 46.2 Å². The van der Waals surface area contributed by atoms with Crippen molar-refractivity contribution in [1.29, 1.82) is 0 Å². The number of aliphatic hydroxyl groups is 1. The minimum absolute atomic E-state index is 0.0528. The summed E-state index contributed by atoms with van der Waals surface area (Å²) in [7, 11) is -4.65. The van der Waals surface area contributed by atoms with Gasteiger partial charge >= 0.3 is 0 Å². The highest BCUT2D eigenvalue weighted by molar-refractivity contribution is 7.89. The highest BCUT2D eigenvalue weighted by Crippen LogP contribution is 2.37. The number of halogens is 2. The number of anilines is 3. The fourth-order valence-electron chi connectivity index (χ4n) is 9.79. The highest BCUT2D eigenvalue weighted by Gasteiger charge is 2.27. The van der Waals surface area contributed by atoms with Crippen LogP contribution in [-0.4, -0.2) is 107 Å². The lowest BCUT2D eigenvalue weighted by Crippen LogP contribution is -2.42. The molecule has 0 bridgehead atoms. The van der Waals surface area contributed by atoms with Gasteiger partial charge in [-0.3, -0.25) is 50.4 Å². The van der Waals surface area contributed by atoms with E-state index in [1.807, 2.05) is 119 Å². The first kappa shape index (κ1) is 90.6. The first-order chi connectivity index (χ1) is 49.0. The summed E-state index contributed by atoms with van der Waals surface area (Å²) < 4.78 is 63.5. The number of benzene rings is 7. The van der Waals surface area contributed by atoms with E-state index in [-0.39, 0.29) is 46.9 Å². The molecule has 0 spiro atoms. The van der Waals surface area contributed by atoms with E-state index in [1.54, 1.807) is 63.7 Å². The van der Waals surface area contributed by atoms with Gasteiger partial charge in [0.25, 0.3) is 11.4 Å².